The van der Waals surface area contributed by atoms with Gasteiger partial charge in [-0.05, 0) is 54.5 Å². The summed E-state index contributed by atoms with van der Waals surface area (Å²) in [6, 6.07) is 21.8. The number of benzene rings is 4. The topological polar surface area (TPSA) is 43.9 Å². The lowest BCUT2D eigenvalue weighted by Crippen LogP contribution is -2.28. The summed E-state index contributed by atoms with van der Waals surface area (Å²) in [5.74, 6) is 1.20. The molecular weight excluding hydrogens is 570 g/mol. The van der Waals surface area contributed by atoms with E-state index in [4.69, 9.17) is 26.0 Å². The van der Waals surface area contributed by atoms with Crippen molar-refractivity contribution < 1.29 is 4.42 Å². The third-order valence-electron chi connectivity index (χ3n) is 8.34. The molecule has 0 radical (unpaired) electrons. The molecule has 8 rings (SSSR count). The molecule has 4 nitrogen and oxygen atoms in total. The Bertz CT molecular complexity index is 2640. The van der Waals surface area contributed by atoms with Gasteiger partial charge in [0.25, 0.3) is 0 Å². The van der Waals surface area contributed by atoms with Gasteiger partial charge in [0.2, 0.25) is 5.71 Å². The fourth-order valence-corrected chi connectivity index (χ4v) is 8.12. The Labute approximate surface area is 256 Å². The molecule has 8 aromatic rings. The first-order valence-electron chi connectivity index (χ1n) is 14.3. The summed E-state index contributed by atoms with van der Waals surface area (Å²) in [5.41, 5.74) is 2.87. The molecule has 0 aliphatic rings. The average molecular weight is 596 g/mol. The van der Waals surface area contributed by atoms with Crippen LogP contribution in [-0.4, -0.2) is 14.5 Å². The molecule has 208 valence electrons. The molecule has 43 heavy (non-hydrogen) atoms. The van der Waals surface area contributed by atoms with Crippen LogP contribution in [0, 0.1) is 0 Å². The van der Waals surface area contributed by atoms with E-state index in [9.17, 15) is 0 Å². The zero-order valence-electron chi connectivity index (χ0n) is 23.9. The van der Waals surface area contributed by atoms with Crippen LogP contribution < -0.4 is 10.6 Å². The summed E-state index contributed by atoms with van der Waals surface area (Å²) in [6.45, 7) is 10.1. The summed E-state index contributed by atoms with van der Waals surface area (Å²) < 4.78 is 10.8. The van der Waals surface area contributed by atoms with Gasteiger partial charge in [0.15, 0.2) is 11.0 Å². The van der Waals surface area contributed by atoms with Crippen LogP contribution >= 0.6 is 22.9 Å². The Morgan fingerprint density at radius 1 is 0.860 bits per heavy atom. The molecular formula is C37H26ClN3OS. The number of rotatable bonds is 3. The molecule has 6 heteroatoms. The van der Waals surface area contributed by atoms with Gasteiger partial charge in [-0.15, -0.1) is 11.3 Å². The minimum absolute atomic E-state index is 0.305. The van der Waals surface area contributed by atoms with Gasteiger partial charge < -0.3 is 4.42 Å². The van der Waals surface area contributed by atoms with E-state index < -0.39 is 0 Å². The maximum atomic E-state index is 7.05. The summed E-state index contributed by atoms with van der Waals surface area (Å²) in [7, 11) is 0. The molecule has 0 N–H and O–H groups in total. The maximum absolute atomic E-state index is 7.05. The first-order valence-corrected chi connectivity index (χ1v) is 15.5. The van der Waals surface area contributed by atoms with Crippen LogP contribution in [0.4, 0.5) is 0 Å². The number of aromatic nitrogens is 3. The molecule has 4 aromatic carbocycles. The standard InChI is InChI=1S/C37H26ClN3OS/c1-5-13-27-22(7-3)32-37(42-27)40-36(35(38)39-32)41-26(8-4)21(6-2)29-24-16-11-12-17-25(24)31-30-23-15-10-9-14-20(23)18-19-28(30)43-34(31)33(29)41/h5-19H,3H2,1-2,4H3/b13-5-,21-6+,26-8+. The van der Waals surface area contributed by atoms with Crippen molar-refractivity contribution in [3.8, 4) is 5.82 Å². The van der Waals surface area contributed by atoms with E-state index in [0.717, 1.165) is 21.6 Å². The molecule has 0 aliphatic heterocycles. The molecule has 0 saturated carbocycles. The van der Waals surface area contributed by atoms with Gasteiger partial charge in [-0.1, -0.05) is 97.1 Å². The second-order valence-corrected chi connectivity index (χ2v) is 11.9. The fraction of sp³-hybridized carbons (Fsp3) is 0.0811. The molecule has 0 amide bonds. The van der Waals surface area contributed by atoms with Gasteiger partial charge in [-0.2, -0.15) is 4.98 Å². The van der Waals surface area contributed by atoms with Crippen molar-refractivity contribution in [3.63, 3.8) is 0 Å². The van der Waals surface area contributed by atoms with Crippen LogP contribution in [-0.2, 0) is 0 Å². The molecule has 0 atom stereocenters. The monoisotopic (exact) mass is 595 g/mol. The van der Waals surface area contributed by atoms with E-state index in [1.54, 1.807) is 6.08 Å². The summed E-state index contributed by atoms with van der Waals surface area (Å²) in [4.78, 5) is 9.88. The number of hydrogen-bond acceptors (Lipinski definition) is 4. The SMILES string of the molecule is C=Cc1c(/C=C\C)oc2nc(-n3c(=C/C)/c(=C\C)c4c5ccccc5c5c(sc6ccc7ccccc7c65)c43)c(Cl)nc12. The third-order valence-corrected chi connectivity index (χ3v) is 9.75. The van der Waals surface area contributed by atoms with Crippen molar-refractivity contribution in [1.82, 2.24) is 14.5 Å². The third kappa shape index (κ3) is 3.49. The van der Waals surface area contributed by atoms with Gasteiger partial charge in [0.1, 0.15) is 11.3 Å². The number of hydrogen-bond donors (Lipinski definition) is 0. The molecule has 4 heterocycles. The highest BCUT2D eigenvalue weighted by molar-refractivity contribution is 7.27. The molecule has 0 saturated heterocycles. The van der Waals surface area contributed by atoms with Crippen LogP contribution in [0.2, 0.25) is 5.15 Å². The molecule has 0 spiro atoms. The lowest BCUT2D eigenvalue weighted by Gasteiger charge is -2.10. The molecule has 4 aromatic heterocycles. The largest absolute Gasteiger partial charge is 0.436 e. The van der Waals surface area contributed by atoms with Crippen molar-refractivity contribution in [2.24, 2.45) is 0 Å². The number of furan rings is 1. The van der Waals surface area contributed by atoms with E-state index in [1.807, 2.05) is 30.4 Å². The Balaban J connectivity index is 1.65. The highest BCUT2D eigenvalue weighted by Crippen LogP contribution is 2.46. The Kier molecular flexibility index (Phi) is 5.83. The number of fused-ring (bicyclic) bond motifs is 11. The minimum Gasteiger partial charge on any atom is -0.436 e. The normalized spacial score (nSPS) is 13.4. The van der Waals surface area contributed by atoms with Crippen LogP contribution in [0.3, 0.4) is 0 Å². The van der Waals surface area contributed by atoms with Crippen LogP contribution in [0.25, 0.3) is 94.0 Å². The van der Waals surface area contributed by atoms with E-state index in [-0.39, 0.29) is 0 Å². The summed E-state index contributed by atoms with van der Waals surface area (Å²) in [6.07, 6.45) is 9.87. The van der Waals surface area contributed by atoms with Crippen LogP contribution in [0.5, 0.6) is 0 Å². The summed E-state index contributed by atoms with van der Waals surface area (Å²) >= 11 is 8.87. The predicted octanol–water partition coefficient (Wildman–Crippen LogP) is 9.77. The lowest BCUT2D eigenvalue weighted by atomic mass is 9.97. The fourth-order valence-electron chi connectivity index (χ4n) is 6.63. The number of halogens is 1. The second kappa shape index (κ2) is 9.66. The van der Waals surface area contributed by atoms with E-state index in [2.05, 4.69) is 97.8 Å². The van der Waals surface area contributed by atoms with Crippen molar-refractivity contribution >= 4 is 111 Å². The molecule has 0 aliphatic carbocycles. The highest BCUT2D eigenvalue weighted by atomic mass is 35.5. The van der Waals surface area contributed by atoms with Crippen LogP contribution in [0.15, 0.2) is 77.7 Å². The van der Waals surface area contributed by atoms with Gasteiger partial charge in [0.05, 0.1) is 15.6 Å². The van der Waals surface area contributed by atoms with Crippen molar-refractivity contribution in [2.75, 3.05) is 0 Å². The van der Waals surface area contributed by atoms with Crippen molar-refractivity contribution in [3.05, 3.63) is 100 Å². The van der Waals surface area contributed by atoms with E-state index in [1.165, 1.54) is 47.1 Å². The average Bonchev–Trinajstić information content (AvgIpc) is 3.69. The van der Waals surface area contributed by atoms with Crippen LogP contribution in [0.1, 0.15) is 32.1 Å². The molecule has 0 unspecified atom stereocenters. The zero-order valence-corrected chi connectivity index (χ0v) is 25.5. The minimum atomic E-state index is 0.305. The maximum Gasteiger partial charge on any atom is 0.248 e. The van der Waals surface area contributed by atoms with E-state index >= 15 is 0 Å². The lowest BCUT2D eigenvalue weighted by molar-refractivity contribution is 0.589. The van der Waals surface area contributed by atoms with Gasteiger partial charge in [-0.3, -0.25) is 4.57 Å². The zero-order chi connectivity index (χ0) is 29.4. The molecule has 0 fully saturated rings. The van der Waals surface area contributed by atoms with Gasteiger partial charge in [-0.25, -0.2) is 4.98 Å². The first-order chi connectivity index (χ1) is 21.1. The smallest absolute Gasteiger partial charge is 0.248 e. The first kappa shape index (κ1) is 26.0. The quantitative estimate of drug-likeness (QED) is 0.204. The Morgan fingerprint density at radius 2 is 1.60 bits per heavy atom. The highest BCUT2D eigenvalue weighted by Gasteiger charge is 2.24. The predicted molar refractivity (Wildman–Crippen MR) is 186 cm³/mol. The van der Waals surface area contributed by atoms with Gasteiger partial charge >= 0.3 is 0 Å². The second-order valence-electron chi connectivity index (χ2n) is 10.5. The number of allylic oxidation sites excluding steroid dienone is 1. The number of thiophene rings is 1. The van der Waals surface area contributed by atoms with Crippen molar-refractivity contribution in [1.29, 1.82) is 0 Å². The summed E-state index contributed by atoms with van der Waals surface area (Å²) in [5, 5.41) is 11.1. The molecule has 0 bridgehead atoms. The Hall–Kier alpha value is -4.71. The Morgan fingerprint density at radius 3 is 2.33 bits per heavy atom. The van der Waals surface area contributed by atoms with Crippen molar-refractivity contribution in [2.45, 2.75) is 20.8 Å². The van der Waals surface area contributed by atoms with E-state index in [0.29, 0.717) is 28.0 Å². The van der Waals surface area contributed by atoms with Gasteiger partial charge in [0, 0.05) is 31.6 Å². The number of nitrogens with zero attached hydrogens (tertiary/aromatic N) is 3.